The number of carboxylic acid groups (broad SMARTS) is 1. The molecule has 39 heavy (non-hydrogen) atoms. The molecule has 1 aliphatic heterocycles. The molecule has 1 saturated heterocycles. The summed E-state index contributed by atoms with van der Waals surface area (Å²) < 4.78 is 0. The molecule has 0 aliphatic carbocycles. The molecule has 1 amide bonds. The molecule has 3 aromatic carbocycles. The molecule has 0 spiro atoms. The molecule has 8 heteroatoms. The first-order valence-electron chi connectivity index (χ1n) is 12.1. The van der Waals surface area contributed by atoms with E-state index in [0.29, 0.717) is 32.7 Å². The van der Waals surface area contributed by atoms with E-state index < -0.39 is 35.8 Å². The zero-order valence-corrected chi connectivity index (χ0v) is 21.3. The van der Waals surface area contributed by atoms with Crippen molar-refractivity contribution < 1.29 is 19.5 Å². The van der Waals surface area contributed by atoms with Crippen LogP contribution < -0.4 is 0 Å². The topological polar surface area (TPSA) is 122 Å². The highest BCUT2D eigenvalue weighted by Crippen LogP contribution is 2.52. The summed E-state index contributed by atoms with van der Waals surface area (Å²) in [6, 6.07) is 26.6. The molecular weight excluding hydrogens is 510 g/mol. The summed E-state index contributed by atoms with van der Waals surface area (Å²) in [5.74, 6) is -3.88. The molecule has 190 valence electrons. The third kappa shape index (κ3) is 4.70. The van der Waals surface area contributed by atoms with Gasteiger partial charge in [-0.1, -0.05) is 48.5 Å². The van der Waals surface area contributed by atoms with Gasteiger partial charge in [0.2, 0.25) is 0 Å². The van der Waals surface area contributed by atoms with Crippen molar-refractivity contribution in [1.29, 1.82) is 10.5 Å². The molecule has 0 saturated carbocycles. The molecule has 1 aliphatic rings. The lowest BCUT2D eigenvalue weighted by atomic mass is 9.77. The lowest BCUT2D eigenvalue weighted by molar-refractivity contribution is -0.142. The van der Waals surface area contributed by atoms with Crippen LogP contribution in [0.1, 0.15) is 54.2 Å². The number of nitriles is 2. The van der Waals surface area contributed by atoms with Crippen LogP contribution in [0.25, 0.3) is 0 Å². The van der Waals surface area contributed by atoms with Crippen molar-refractivity contribution in [2.24, 2.45) is 5.92 Å². The summed E-state index contributed by atoms with van der Waals surface area (Å²) in [6.45, 7) is 0. The van der Waals surface area contributed by atoms with Crippen LogP contribution in [0.2, 0.25) is 0 Å². The van der Waals surface area contributed by atoms with E-state index in [9.17, 15) is 30.0 Å². The average molecular weight is 532 g/mol. The monoisotopic (exact) mass is 531 g/mol. The van der Waals surface area contributed by atoms with Gasteiger partial charge < -0.3 is 10.0 Å². The maximum Gasteiger partial charge on any atom is 0.327 e. The Bertz CT molecular complexity index is 1600. The predicted molar refractivity (Wildman–Crippen MR) is 144 cm³/mol. The molecule has 5 rings (SSSR count). The third-order valence-corrected chi connectivity index (χ3v) is 7.93. The minimum absolute atomic E-state index is 0.275. The van der Waals surface area contributed by atoms with E-state index in [0.717, 1.165) is 0 Å². The summed E-state index contributed by atoms with van der Waals surface area (Å²) in [5.41, 5.74) is 2.18. The third-order valence-electron chi connectivity index (χ3n) is 7.05. The van der Waals surface area contributed by atoms with Crippen LogP contribution in [0.5, 0.6) is 0 Å². The fourth-order valence-electron chi connectivity index (χ4n) is 5.35. The highest BCUT2D eigenvalue weighted by Gasteiger charge is 2.57. The smallest absolute Gasteiger partial charge is 0.327 e. The first-order valence-corrected chi connectivity index (χ1v) is 13.0. The molecule has 1 aromatic heterocycles. The number of aliphatic carboxylic acids is 1. The average Bonchev–Trinajstić information content (AvgIpc) is 3.64. The van der Waals surface area contributed by atoms with Gasteiger partial charge in [0.15, 0.2) is 5.78 Å². The number of thiophene rings is 1. The molecule has 4 unspecified atom stereocenters. The number of benzene rings is 3. The Labute approximate surface area is 228 Å². The van der Waals surface area contributed by atoms with Crippen molar-refractivity contribution in [3.05, 3.63) is 129 Å². The Morgan fingerprint density at radius 2 is 1.36 bits per heavy atom. The largest absolute Gasteiger partial charge is 0.480 e. The van der Waals surface area contributed by atoms with Crippen molar-refractivity contribution >= 4 is 29.0 Å². The molecule has 7 nitrogen and oxygen atoms in total. The summed E-state index contributed by atoms with van der Waals surface area (Å²) in [7, 11) is 0. The van der Waals surface area contributed by atoms with Crippen molar-refractivity contribution in [2.45, 2.75) is 18.0 Å². The Balaban J connectivity index is 1.77. The van der Waals surface area contributed by atoms with Gasteiger partial charge in [-0.25, -0.2) is 4.79 Å². The maximum atomic E-state index is 14.2. The van der Waals surface area contributed by atoms with E-state index in [1.165, 1.54) is 16.2 Å². The van der Waals surface area contributed by atoms with Crippen LogP contribution in [0.4, 0.5) is 0 Å². The molecule has 4 aromatic rings. The first-order chi connectivity index (χ1) is 18.9. The van der Waals surface area contributed by atoms with Crippen LogP contribution in [0.3, 0.4) is 0 Å². The fraction of sp³-hybridized carbons (Fsp3) is 0.129. The maximum absolute atomic E-state index is 14.2. The number of carboxylic acids is 1. The molecule has 4 atom stereocenters. The van der Waals surface area contributed by atoms with E-state index >= 15 is 0 Å². The molecule has 2 heterocycles. The van der Waals surface area contributed by atoms with Gasteiger partial charge in [-0.15, -0.1) is 11.3 Å². The Morgan fingerprint density at radius 1 is 0.769 bits per heavy atom. The minimum Gasteiger partial charge on any atom is -0.480 e. The zero-order valence-electron chi connectivity index (χ0n) is 20.5. The van der Waals surface area contributed by atoms with Crippen molar-refractivity contribution in [2.75, 3.05) is 0 Å². The molecule has 1 N–H and O–H groups in total. The molecule has 0 bridgehead atoms. The second kappa shape index (κ2) is 10.7. The summed E-state index contributed by atoms with van der Waals surface area (Å²) in [5, 5.41) is 31.0. The molecule has 1 fully saturated rings. The highest BCUT2D eigenvalue weighted by molar-refractivity contribution is 7.12. The van der Waals surface area contributed by atoms with Gasteiger partial charge >= 0.3 is 5.97 Å². The van der Waals surface area contributed by atoms with E-state index in [1.54, 1.807) is 96.4 Å². The minimum atomic E-state index is -1.37. The quantitative estimate of drug-likeness (QED) is 0.331. The second-order valence-corrected chi connectivity index (χ2v) is 10.1. The first kappa shape index (κ1) is 25.6. The Morgan fingerprint density at radius 3 is 1.87 bits per heavy atom. The number of carbonyl (C=O) groups excluding carboxylic acids is 2. The van der Waals surface area contributed by atoms with Crippen LogP contribution >= 0.6 is 11.3 Å². The van der Waals surface area contributed by atoms with Crippen LogP contribution in [0.15, 0.2) is 96.4 Å². The second-order valence-electron chi connectivity index (χ2n) is 9.17. The van der Waals surface area contributed by atoms with E-state index in [2.05, 4.69) is 12.1 Å². The van der Waals surface area contributed by atoms with Gasteiger partial charge in [0.05, 0.1) is 40.1 Å². The van der Waals surface area contributed by atoms with Gasteiger partial charge in [-0.3, -0.25) is 9.59 Å². The predicted octanol–water partition coefficient (Wildman–Crippen LogP) is 5.42. The van der Waals surface area contributed by atoms with Crippen molar-refractivity contribution in [3.8, 4) is 12.1 Å². The van der Waals surface area contributed by atoms with Crippen LogP contribution in [0, 0.1) is 28.6 Å². The zero-order chi connectivity index (χ0) is 27.5. The highest BCUT2D eigenvalue weighted by atomic mass is 32.1. The number of ketones is 1. The number of hydrogen-bond donors (Lipinski definition) is 1. The number of amides is 1. The summed E-state index contributed by atoms with van der Waals surface area (Å²) in [4.78, 5) is 43.0. The van der Waals surface area contributed by atoms with Gasteiger partial charge in [0, 0.05) is 11.5 Å². The van der Waals surface area contributed by atoms with E-state index in [4.69, 9.17) is 0 Å². The number of Topliss-reactive ketones (excluding diaryl/α,β-unsaturated/α-hetero) is 1. The van der Waals surface area contributed by atoms with E-state index in [1.807, 2.05) is 0 Å². The van der Waals surface area contributed by atoms with Crippen molar-refractivity contribution in [1.82, 2.24) is 4.90 Å². The Kier molecular flexibility index (Phi) is 7.05. The molecular formula is C31H21N3O4S. The lowest BCUT2D eigenvalue weighted by Gasteiger charge is -2.30. The van der Waals surface area contributed by atoms with E-state index in [-0.39, 0.29) is 5.78 Å². The van der Waals surface area contributed by atoms with Gasteiger partial charge in [0.25, 0.3) is 5.91 Å². The Hall–Kier alpha value is -5.05. The number of nitrogens with zero attached hydrogens (tertiary/aromatic N) is 3. The lowest BCUT2D eigenvalue weighted by Crippen LogP contribution is -2.43. The number of carbonyl (C=O) groups is 3. The number of rotatable bonds is 6. The standard InChI is InChI=1S/C31H21N3O4S/c32-17-19-8-12-21(13-9-19)25-26(29(35)24-7-4-16-39-24)27(22-14-10-20(18-33)11-15-22)34(28(25)31(37)38)30(36)23-5-2-1-3-6-23/h1-16,25-28H,(H,37,38). The van der Waals surface area contributed by atoms with Crippen LogP contribution in [-0.2, 0) is 4.79 Å². The SMILES string of the molecule is N#Cc1ccc(C2C(C(=O)c3cccs3)C(c3ccc(C#N)cc3)N(C(=O)c3ccccc3)C2C(=O)O)cc1. The fourth-order valence-corrected chi connectivity index (χ4v) is 6.06. The van der Waals surface area contributed by atoms with Crippen LogP contribution in [-0.4, -0.2) is 33.7 Å². The van der Waals surface area contributed by atoms with Gasteiger partial charge in [-0.05, 0) is 59.0 Å². The molecule has 0 radical (unpaired) electrons. The number of hydrogen-bond acceptors (Lipinski definition) is 6. The summed E-state index contributed by atoms with van der Waals surface area (Å²) in [6.07, 6.45) is 0. The number of likely N-dealkylation sites (tertiary alicyclic amines) is 1. The van der Waals surface area contributed by atoms with Crippen molar-refractivity contribution in [3.63, 3.8) is 0 Å². The van der Waals surface area contributed by atoms with Gasteiger partial charge in [0.1, 0.15) is 6.04 Å². The van der Waals surface area contributed by atoms with Gasteiger partial charge in [-0.2, -0.15) is 10.5 Å². The summed E-state index contributed by atoms with van der Waals surface area (Å²) >= 11 is 1.25. The normalized spacial score (nSPS) is 20.1.